The molecule has 2 aliphatic rings. The summed E-state index contributed by atoms with van der Waals surface area (Å²) in [5.41, 5.74) is 5.50. The van der Waals surface area contributed by atoms with E-state index >= 15 is 0 Å². The number of nitrogen functional groups attached to an aromatic ring is 1. The fourth-order valence-corrected chi connectivity index (χ4v) is 5.21. The monoisotopic (exact) mass is 555 g/mol. The second-order valence-corrected chi connectivity index (χ2v) is 10.9. The number of β-lactam (4-membered cyclic amide) rings is 1. The van der Waals surface area contributed by atoms with Gasteiger partial charge in [0.15, 0.2) is 10.8 Å². The second-order valence-electron chi connectivity index (χ2n) is 8.88. The van der Waals surface area contributed by atoms with Crippen molar-refractivity contribution in [1.29, 1.82) is 0 Å². The number of hydrogen-bond donors (Lipinski definition) is 2. The first-order valence-corrected chi connectivity index (χ1v) is 13.1. The van der Waals surface area contributed by atoms with Crippen molar-refractivity contribution in [1.82, 2.24) is 15.2 Å². The van der Waals surface area contributed by atoms with Crippen molar-refractivity contribution < 1.29 is 38.2 Å². The Hall–Kier alpha value is -3.17. The Morgan fingerprint density at radius 2 is 2.03 bits per heavy atom. The highest BCUT2D eigenvalue weighted by Gasteiger charge is 2.54. The lowest BCUT2D eigenvalue weighted by Crippen LogP contribution is -2.71. The first kappa shape index (κ1) is 28.4. The lowest BCUT2D eigenvalue weighted by molar-refractivity contribution is -0.173. The highest BCUT2D eigenvalue weighted by Crippen LogP contribution is 2.40. The molecule has 202 valence electrons. The van der Waals surface area contributed by atoms with Crippen LogP contribution in [-0.2, 0) is 38.2 Å². The highest BCUT2D eigenvalue weighted by molar-refractivity contribution is 8.00. The summed E-state index contributed by atoms with van der Waals surface area (Å²) in [6.45, 7) is 6.72. The van der Waals surface area contributed by atoms with Gasteiger partial charge >= 0.3 is 11.9 Å². The fourth-order valence-electron chi connectivity index (χ4n) is 3.33. The van der Waals surface area contributed by atoms with Gasteiger partial charge in [-0.05, 0) is 33.3 Å². The minimum Gasteiger partial charge on any atom is -0.427 e. The molecule has 0 spiro atoms. The molecular weight excluding hydrogens is 526 g/mol. The molecule has 0 aromatic carbocycles. The minimum atomic E-state index is -0.939. The van der Waals surface area contributed by atoms with Crippen molar-refractivity contribution in [2.24, 2.45) is 10.6 Å². The van der Waals surface area contributed by atoms with Crippen molar-refractivity contribution in [3.63, 3.8) is 0 Å². The third-order valence-corrected chi connectivity index (χ3v) is 7.18. The van der Waals surface area contributed by atoms with Crippen LogP contribution >= 0.6 is 23.1 Å². The molecule has 0 radical (unpaired) electrons. The number of aromatic nitrogens is 1. The number of carbonyl (C=O) groups is 4. The van der Waals surface area contributed by atoms with Gasteiger partial charge in [-0.1, -0.05) is 5.16 Å². The predicted molar refractivity (Wildman–Crippen MR) is 135 cm³/mol. The Bertz CT molecular complexity index is 1130. The van der Waals surface area contributed by atoms with Crippen molar-refractivity contribution in [3.8, 4) is 0 Å². The molecule has 37 heavy (non-hydrogen) atoms. The van der Waals surface area contributed by atoms with Crippen molar-refractivity contribution in [3.05, 3.63) is 22.3 Å². The maximum absolute atomic E-state index is 13.1. The molecule has 2 atom stereocenters. The number of oxime groups is 1. The zero-order valence-corrected chi connectivity index (χ0v) is 22.7. The van der Waals surface area contributed by atoms with Crippen molar-refractivity contribution in [2.45, 2.75) is 39.1 Å². The molecule has 0 aliphatic carbocycles. The van der Waals surface area contributed by atoms with E-state index in [1.165, 1.54) is 23.8 Å². The van der Waals surface area contributed by atoms with Gasteiger partial charge in [-0.15, -0.1) is 23.1 Å². The van der Waals surface area contributed by atoms with Crippen molar-refractivity contribution in [2.75, 3.05) is 38.6 Å². The number of thioether (sulfide) groups is 1. The summed E-state index contributed by atoms with van der Waals surface area (Å²) >= 11 is 2.48. The normalized spacial score (nSPS) is 19.6. The number of rotatable bonds is 10. The standard InChI is InChI=1S/C22H29N5O8S2/c1-6-33-7-11-8-36-18-14(25-16(28)13(26-32-5)12-9-37-21(23)24-12)17(29)27(18)15(11)19(30)34-10-35-20(31)22(2,3)4/h9,14,18H,6-8,10H2,1-5H3,(H2,23,24)(H,25,28)/b26-13+/t14-,18-/m1/s1. The summed E-state index contributed by atoms with van der Waals surface area (Å²) in [7, 11) is 1.28. The number of amides is 2. The summed E-state index contributed by atoms with van der Waals surface area (Å²) in [6.07, 6.45) is 0. The summed E-state index contributed by atoms with van der Waals surface area (Å²) < 4.78 is 15.6. The van der Waals surface area contributed by atoms with Gasteiger partial charge < -0.3 is 30.1 Å². The van der Waals surface area contributed by atoms with Crippen molar-refractivity contribution >= 4 is 57.7 Å². The molecule has 0 saturated carbocycles. The van der Waals surface area contributed by atoms with Crippen LogP contribution in [-0.4, -0.2) is 83.6 Å². The molecule has 2 amide bonds. The van der Waals surface area contributed by atoms with Gasteiger partial charge in [-0.3, -0.25) is 19.3 Å². The van der Waals surface area contributed by atoms with E-state index in [2.05, 4.69) is 15.5 Å². The molecule has 3 N–H and O–H groups in total. The number of nitrogens with zero attached hydrogens (tertiary/aromatic N) is 3. The van der Waals surface area contributed by atoms with Gasteiger partial charge in [0.1, 0.15) is 29.9 Å². The zero-order chi connectivity index (χ0) is 27.3. The Balaban J connectivity index is 1.74. The molecule has 3 heterocycles. The molecule has 13 nitrogen and oxygen atoms in total. The number of thiazole rings is 1. The van der Waals surface area contributed by atoms with E-state index in [9.17, 15) is 19.2 Å². The minimum absolute atomic E-state index is 0.0116. The molecule has 2 aliphatic heterocycles. The molecule has 3 rings (SSSR count). The molecular formula is C22H29N5O8S2. The Morgan fingerprint density at radius 1 is 1.30 bits per heavy atom. The quantitative estimate of drug-likeness (QED) is 0.138. The molecule has 1 saturated heterocycles. The van der Waals surface area contributed by atoms with Crippen LogP contribution in [0.2, 0.25) is 0 Å². The molecule has 1 aromatic heterocycles. The zero-order valence-electron chi connectivity index (χ0n) is 21.1. The largest absolute Gasteiger partial charge is 0.427 e. The van der Waals surface area contributed by atoms with Crippen LogP contribution < -0.4 is 11.1 Å². The summed E-state index contributed by atoms with van der Waals surface area (Å²) in [4.78, 5) is 61.1. The van der Waals surface area contributed by atoms with E-state index in [-0.39, 0.29) is 28.8 Å². The van der Waals surface area contributed by atoms with Gasteiger partial charge in [0.2, 0.25) is 6.79 Å². The van der Waals surface area contributed by atoms with Crippen LogP contribution in [0.25, 0.3) is 0 Å². The van der Waals surface area contributed by atoms with E-state index in [0.29, 0.717) is 17.9 Å². The molecule has 0 unspecified atom stereocenters. The topological polar surface area (TPSA) is 172 Å². The Labute approximate surface area is 221 Å². The third kappa shape index (κ3) is 6.40. The van der Waals surface area contributed by atoms with E-state index in [0.717, 1.165) is 11.3 Å². The molecule has 1 aromatic rings. The van der Waals surface area contributed by atoms with Crippen LogP contribution in [0.1, 0.15) is 33.4 Å². The van der Waals surface area contributed by atoms with E-state index in [4.69, 9.17) is 24.8 Å². The molecule has 1 fully saturated rings. The Morgan fingerprint density at radius 3 is 2.62 bits per heavy atom. The molecule has 15 heteroatoms. The highest BCUT2D eigenvalue weighted by atomic mass is 32.2. The van der Waals surface area contributed by atoms with Gasteiger partial charge in [0, 0.05) is 17.7 Å². The van der Waals surface area contributed by atoms with E-state index in [1.54, 1.807) is 33.1 Å². The second kappa shape index (κ2) is 11.9. The van der Waals surface area contributed by atoms with Crippen LogP contribution in [0, 0.1) is 5.41 Å². The maximum atomic E-state index is 13.1. The maximum Gasteiger partial charge on any atom is 0.358 e. The number of fused-ring (bicyclic) bond motifs is 1. The first-order chi connectivity index (χ1) is 17.5. The Kier molecular flexibility index (Phi) is 9.15. The average molecular weight is 556 g/mol. The number of anilines is 1. The average Bonchev–Trinajstić information content (AvgIpc) is 3.28. The van der Waals surface area contributed by atoms with Crippen LogP contribution in [0.5, 0.6) is 0 Å². The summed E-state index contributed by atoms with van der Waals surface area (Å²) in [5.74, 6) is -2.23. The number of hydrogen-bond acceptors (Lipinski definition) is 13. The number of esters is 2. The van der Waals surface area contributed by atoms with Crippen LogP contribution in [0.3, 0.4) is 0 Å². The number of carbonyl (C=O) groups excluding carboxylic acids is 4. The smallest absolute Gasteiger partial charge is 0.358 e. The summed E-state index contributed by atoms with van der Waals surface area (Å²) in [6, 6.07) is -0.939. The predicted octanol–water partition coefficient (Wildman–Crippen LogP) is 0.856. The lowest BCUT2D eigenvalue weighted by atomic mass is 9.98. The van der Waals surface area contributed by atoms with Gasteiger partial charge in [-0.2, -0.15) is 0 Å². The fraction of sp³-hybridized carbons (Fsp3) is 0.545. The number of nitrogens with one attached hydrogen (secondary N) is 1. The lowest BCUT2D eigenvalue weighted by Gasteiger charge is -2.49. The summed E-state index contributed by atoms with van der Waals surface area (Å²) in [5, 5.41) is 7.56. The van der Waals surface area contributed by atoms with Crippen LogP contribution in [0.4, 0.5) is 5.13 Å². The first-order valence-electron chi connectivity index (χ1n) is 11.2. The van der Waals surface area contributed by atoms with Gasteiger partial charge in [-0.25, -0.2) is 9.78 Å². The van der Waals surface area contributed by atoms with Gasteiger partial charge in [0.05, 0.1) is 12.0 Å². The molecule has 0 bridgehead atoms. The number of ether oxygens (including phenoxy) is 3. The van der Waals surface area contributed by atoms with Crippen LogP contribution in [0.15, 0.2) is 21.8 Å². The number of nitrogens with two attached hydrogens (primary N) is 1. The van der Waals surface area contributed by atoms with E-state index in [1.807, 2.05) is 0 Å². The SMILES string of the molecule is CCOCC1=C(C(=O)OCOC(=O)C(C)(C)C)N2C(=O)[C@@H](NC(=O)/C(=N/OC)c3csc(N)n3)[C@H]2SC1. The van der Waals surface area contributed by atoms with E-state index < -0.39 is 47.4 Å². The van der Waals surface area contributed by atoms with Gasteiger partial charge in [0.25, 0.3) is 11.8 Å². The third-order valence-electron chi connectivity index (χ3n) is 5.16.